The topological polar surface area (TPSA) is 132 Å². The molecule has 1 saturated heterocycles. The van der Waals surface area contributed by atoms with Gasteiger partial charge in [-0.15, -0.1) is 0 Å². The maximum absolute atomic E-state index is 12.9. The van der Waals surface area contributed by atoms with Crippen LogP contribution in [0.4, 0.5) is 0 Å². The molecule has 1 aliphatic rings. The van der Waals surface area contributed by atoms with Crippen LogP contribution in [0.5, 0.6) is 0 Å². The number of carbonyl (C=O) groups excluding carboxylic acids is 2. The summed E-state index contributed by atoms with van der Waals surface area (Å²) in [5.41, 5.74) is 2.31. The van der Waals surface area contributed by atoms with Gasteiger partial charge in [-0.3, -0.25) is 14.2 Å². The fourth-order valence-electron chi connectivity index (χ4n) is 3.30. The number of amides is 2. The Balaban J connectivity index is 1.83. The van der Waals surface area contributed by atoms with Crippen molar-refractivity contribution in [3.8, 4) is 11.3 Å². The van der Waals surface area contributed by atoms with Gasteiger partial charge in [-0.25, -0.2) is 4.98 Å². The fraction of sp³-hybridized carbons (Fsp3) is 0.350. The normalized spacial score (nSPS) is 15.5. The lowest BCUT2D eigenvalue weighted by molar-refractivity contribution is -0.133. The van der Waals surface area contributed by atoms with Crippen molar-refractivity contribution in [1.29, 1.82) is 0 Å². The molecular weight excluding hydrogens is 407 g/mol. The third-order valence-corrected chi connectivity index (χ3v) is 5.57. The number of hydrogen-bond acceptors (Lipinski definition) is 5. The molecule has 2 aromatic rings. The zero-order chi connectivity index (χ0) is 21.7. The van der Waals surface area contributed by atoms with Gasteiger partial charge in [-0.1, -0.05) is 30.3 Å². The monoisotopic (exact) mass is 432 g/mol. The predicted molar refractivity (Wildman–Crippen MR) is 112 cm³/mol. The standard InChI is InChI=1S/C20H25N4O5P/c1-14-11-16(15-5-3-2-4-6-15)22-17(12-14)19(25)23-18(13-30(27,28)29)20(26)24-9-7-21-8-10-24/h2-6,11-12,18,21H,7-10,13H2,1H3,(H,23,25)(H2,27,28,29). The van der Waals surface area contributed by atoms with Crippen molar-refractivity contribution in [1.82, 2.24) is 20.5 Å². The van der Waals surface area contributed by atoms with E-state index in [-0.39, 0.29) is 5.69 Å². The van der Waals surface area contributed by atoms with E-state index in [1.165, 1.54) is 4.90 Å². The Morgan fingerprint density at radius 2 is 1.87 bits per heavy atom. The summed E-state index contributed by atoms with van der Waals surface area (Å²) in [5.74, 6) is -1.16. The van der Waals surface area contributed by atoms with Crippen LogP contribution in [0.15, 0.2) is 42.5 Å². The van der Waals surface area contributed by atoms with Gasteiger partial charge in [0, 0.05) is 31.7 Å². The molecule has 1 aromatic heterocycles. The van der Waals surface area contributed by atoms with Crippen LogP contribution in [0.3, 0.4) is 0 Å². The fourth-order valence-corrected chi connectivity index (χ4v) is 4.02. The summed E-state index contributed by atoms with van der Waals surface area (Å²) in [6, 6.07) is 11.4. The summed E-state index contributed by atoms with van der Waals surface area (Å²) in [7, 11) is -4.54. The smallest absolute Gasteiger partial charge is 0.328 e. The Hall–Kier alpha value is -2.58. The summed E-state index contributed by atoms with van der Waals surface area (Å²) in [6.45, 7) is 3.81. The maximum Gasteiger partial charge on any atom is 0.328 e. The van der Waals surface area contributed by atoms with Gasteiger partial charge in [0.05, 0.1) is 11.9 Å². The molecule has 1 aliphatic heterocycles. The summed E-state index contributed by atoms with van der Waals surface area (Å²) in [6.07, 6.45) is -0.765. The molecule has 1 aromatic carbocycles. The van der Waals surface area contributed by atoms with Crippen LogP contribution in [-0.4, -0.2) is 69.9 Å². The Morgan fingerprint density at radius 1 is 1.20 bits per heavy atom. The quantitative estimate of drug-likeness (QED) is 0.496. The number of carbonyl (C=O) groups is 2. The Morgan fingerprint density at radius 3 is 2.50 bits per heavy atom. The molecule has 2 amide bonds. The van der Waals surface area contributed by atoms with Crippen molar-refractivity contribution in [2.45, 2.75) is 13.0 Å². The van der Waals surface area contributed by atoms with Gasteiger partial charge >= 0.3 is 7.60 Å². The van der Waals surface area contributed by atoms with Crippen LogP contribution in [0, 0.1) is 6.92 Å². The maximum atomic E-state index is 12.9. The van der Waals surface area contributed by atoms with E-state index in [0.29, 0.717) is 31.9 Å². The third kappa shape index (κ3) is 5.96. The summed E-state index contributed by atoms with van der Waals surface area (Å²) in [5, 5.41) is 5.59. The van der Waals surface area contributed by atoms with Crippen molar-refractivity contribution < 1.29 is 23.9 Å². The van der Waals surface area contributed by atoms with Crippen LogP contribution in [-0.2, 0) is 9.36 Å². The van der Waals surface area contributed by atoms with E-state index < -0.39 is 31.6 Å². The van der Waals surface area contributed by atoms with Crippen molar-refractivity contribution in [3.63, 3.8) is 0 Å². The van der Waals surface area contributed by atoms with E-state index in [0.717, 1.165) is 11.1 Å². The molecule has 1 fully saturated rings. The average molecular weight is 432 g/mol. The number of aromatic nitrogens is 1. The lowest BCUT2D eigenvalue weighted by Gasteiger charge is -2.31. The molecular formula is C20H25N4O5P. The summed E-state index contributed by atoms with van der Waals surface area (Å²) < 4.78 is 11.6. The van der Waals surface area contributed by atoms with Gasteiger partial charge in [0.1, 0.15) is 11.7 Å². The van der Waals surface area contributed by atoms with Crippen LogP contribution in [0.25, 0.3) is 11.3 Å². The highest BCUT2D eigenvalue weighted by Gasteiger charge is 2.33. The Labute approximate surface area is 174 Å². The molecule has 2 heterocycles. The van der Waals surface area contributed by atoms with Crippen LogP contribution in [0.2, 0.25) is 0 Å². The third-order valence-electron chi connectivity index (χ3n) is 4.72. The molecule has 1 unspecified atom stereocenters. The molecule has 0 aliphatic carbocycles. The number of benzene rings is 1. The molecule has 10 heteroatoms. The second-order valence-corrected chi connectivity index (χ2v) is 8.92. The number of pyridine rings is 1. The van der Waals surface area contributed by atoms with E-state index in [4.69, 9.17) is 0 Å². The van der Waals surface area contributed by atoms with Gasteiger partial charge in [0.2, 0.25) is 5.91 Å². The lowest BCUT2D eigenvalue weighted by Crippen LogP contribution is -2.55. The highest BCUT2D eigenvalue weighted by Crippen LogP contribution is 2.35. The minimum Gasteiger partial charge on any atom is -0.338 e. The van der Waals surface area contributed by atoms with E-state index in [1.807, 2.05) is 43.3 Å². The second kappa shape index (κ2) is 9.49. The summed E-state index contributed by atoms with van der Waals surface area (Å²) in [4.78, 5) is 50.4. The van der Waals surface area contributed by atoms with Crippen molar-refractivity contribution in [3.05, 3.63) is 53.7 Å². The minimum absolute atomic E-state index is 0.0812. The molecule has 4 N–H and O–H groups in total. The van der Waals surface area contributed by atoms with E-state index in [1.54, 1.807) is 6.07 Å². The van der Waals surface area contributed by atoms with Crippen LogP contribution in [0.1, 0.15) is 16.1 Å². The van der Waals surface area contributed by atoms with Gasteiger partial charge in [0.15, 0.2) is 0 Å². The van der Waals surface area contributed by atoms with Gasteiger partial charge in [-0.05, 0) is 24.6 Å². The lowest BCUT2D eigenvalue weighted by atomic mass is 10.1. The van der Waals surface area contributed by atoms with E-state index >= 15 is 0 Å². The van der Waals surface area contributed by atoms with Gasteiger partial charge < -0.3 is 25.3 Å². The van der Waals surface area contributed by atoms with Crippen molar-refractivity contribution >= 4 is 19.4 Å². The largest absolute Gasteiger partial charge is 0.338 e. The number of hydrogen-bond donors (Lipinski definition) is 4. The van der Waals surface area contributed by atoms with E-state index in [2.05, 4.69) is 15.6 Å². The molecule has 0 radical (unpaired) electrons. The minimum atomic E-state index is -4.54. The van der Waals surface area contributed by atoms with Crippen LogP contribution >= 0.6 is 7.60 Å². The SMILES string of the molecule is Cc1cc(C(=O)NC(CP(=O)(O)O)C(=O)N2CCNCC2)nc(-c2ccccc2)c1. The number of piperazine rings is 1. The number of aryl methyl sites for hydroxylation is 1. The number of rotatable bonds is 6. The summed E-state index contributed by atoms with van der Waals surface area (Å²) >= 11 is 0. The highest BCUT2D eigenvalue weighted by molar-refractivity contribution is 7.51. The first-order valence-electron chi connectivity index (χ1n) is 9.62. The zero-order valence-corrected chi connectivity index (χ0v) is 17.5. The average Bonchev–Trinajstić information content (AvgIpc) is 2.72. The van der Waals surface area contributed by atoms with E-state index in [9.17, 15) is 23.9 Å². The number of nitrogens with one attached hydrogen (secondary N) is 2. The van der Waals surface area contributed by atoms with Crippen LogP contribution < -0.4 is 10.6 Å². The Kier molecular flexibility index (Phi) is 6.99. The second-order valence-electron chi connectivity index (χ2n) is 7.23. The molecule has 160 valence electrons. The van der Waals surface area contributed by atoms with Crippen molar-refractivity contribution in [2.75, 3.05) is 32.3 Å². The number of nitrogens with zero attached hydrogens (tertiary/aromatic N) is 2. The highest BCUT2D eigenvalue weighted by atomic mass is 31.2. The molecule has 0 spiro atoms. The predicted octanol–water partition coefficient (Wildman–Crippen LogP) is 0.765. The first-order valence-corrected chi connectivity index (χ1v) is 11.4. The molecule has 3 rings (SSSR count). The van der Waals surface area contributed by atoms with Gasteiger partial charge in [-0.2, -0.15) is 0 Å². The molecule has 9 nitrogen and oxygen atoms in total. The molecule has 0 bridgehead atoms. The zero-order valence-electron chi connectivity index (χ0n) is 16.6. The molecule has 0 saturated carbocycles. The first kappa shape index (κ1) is 22.1. The molecule has 30 heavy (non-hydrogen) atoms. The first-order chi connectivity index (χ1) is 14.2. The van der Waals surface area contributed by atoms with Gasteiger partial charge in [0.25, 0.3) is 5.91 Å². The molecule has 1 atom stereocenters. The van der Waals surface area contributed by atoms with Crippen molar-refractivity contribution in [2.24, 2.45) is 0 Å². The Bertz CT molecular complexity index is 957.